The van der Waals surface area contributed by atoms with Crippen LogP contribution in [0.4, 0.5) is 0 Å². The van der Waals surface area contributed by atoms with E-state index < -0.39 is 0 Å². The van der Waals surface area contributed by atoms with E-state index >= 15 is 0 Å². The van der Waals surface area contributed by atoms with Gasteiger partial charge in [0.25, 0.3) is 0 Å². The van der Waals surface area contributed by atoms with Crippen molar-refractivity contribution in [2.45, 2.75) is 32.6 Å². The molecule has 0 spiro atoms. The lowest BCUT2D eigenvalue weighted by atomic mass is 10.1. The SMILES string of the molecule is C=CC(=O)CC(=O)CCCC. The summed E-state index contributed by atoms with van der Waals surface area (Å²) in [5.41, 5.74) is 0. The summed E-state index contributed by atoms with van der Waals surface area (Å²) in [5, 5.41) is 0. The Morgan fingerprint density at radius 3 is 2.55 bits per heavy atom. The molecule has 0 N–H and O–H groups in total. The van der Waals surface area contributed by atoms with Gasteiger partial charge in [0, 0.05) is 6.42 Å². The first-order chi connectivity index (χ1) is 5.20. The number of carbonyl (C=O) groups is 2. The zero-order valence-electron chi connectivity index (χ0n) is 6.93. The molecular weight excluding hydrogens is 140 g/mol. The van der Waals surface area contributed by atoms with Crippen molar-refractivity contribution in [2.24, 2.45) is 0 Å². The smallest absolute Gasteiger partial charge is 0.162 e. The van der Waals surface area contributed by atoms with Gasteiger partial charge in [-0.15, -0.1) is 0 Å². The van der Waals surface area contributed by atoms with Gasteiger partial charge in [-0.1, -0.05) is 19.9 Å². The highest BCUT2D eigenvalue weighted by Gasteiger charge is 2.04. The zero-order chi connectivity index (χ0) is 8.69. The Bertz CT molecular complexity index is 159. The molecule has 0 aromatic rings. The van der Waals surface area contributed by atoms with Gasteiger partial charge in [-0.3, -0.25) is 9.59 Å². The normalized spacial score (nSPS) is 9.18. The summed E-state index contributed by atoms with van der Waals surface area (Å²) in [6, 6.07) is 0. The van der Waals surface area contributed by atoms with E-state index in [-0.39, 0.29) is 18.0 Å². The number of carbonyl (C=O) groups excluding carboxylic acids is 2. The van der Waals surface area contributed by atoms with E-state index in [4.69, 9.17) is 0 Å². The number of unbranched alkanes of at least 4 members (excludes halogenated alkanes) is 1. The van der Waals surface area contributed by atoms with Crippen LogP contribution in [-0.4, -0.2) is 11.6 Å². The van der Waals surface area contributed by atoms with Crippen LogP contribution in [0.1, 0.15) is 32.6 Å². The van der Waals surface area contributed by atoms with Gasteiger partial charge in [0.2, 0.25) is 0 Å². The van der Waals surface area contributed by atoms with Crippen molar-refractivity contribution in [3.05, 3.63) is 12.7 Å². The molecule has 0 saturated carbocycles. The summed E-state index contributed by atoms with van der Waals surface area (Å²) in [5.74, 6) is -0.150. The minimum atomic E-state index is -0.175. The fraction of sp³-hybridized carbons (Fsp3) is 0.556. The van der Waals surface area contributed by atoms with Crippen LogP contribution in [-0.2, 0) is 9.59 Å². The Labute approximate surface area is 67.3 Å². The summed E-state index contributed by atoms with van der Waals surface area (Å²) in [7, 11) is 0. The van der Waals surface area contributed by atoms with Gasteiger partial charge < -0.3 is 0 Å². The standard InChI is InChI=1S/C9H14O2/c1-3-5-6-9(11)7-8(10)4-2/h4H,2-3,5-7H2,1H3. The molecule has 0 unspecified atom stereocenters. The van der Waals surface area contributed by atoms with Crippen LogP contribution < -0.4 is 0 Å². The van der Waals surface area contributed by atoms with Crippen molar-refractivity contribution >= 4 is 11.6 Å². The summed E-state index contributed by atoms with van der Waals surface area (Å²) in [6.45, 7) is 5.31. The number of allylic oxidation sites excluding steroid dienone is 1. The highest BCUT2D eigenvalue weighted by molar-refractivity contribution is 6.04. The van der Waals surface area contributed by atoms with Crippen molar-refractivity contribution in [3.8, 4) is 0 Å². The van der Waals surface area contributed by atoms with E-state index in [9.17, 15) is 9.59 Å². The maximum absolute atomic E-state index is 10.9. The van der Waals surface area contributed by atoms with E-state index in [0.29, 0.717) is 6.42 Å². The minimum absolute atomic E-state index is 0.0248. The van der Waals surface area contributed by atoms with Crippen molar-refractivity contribution in [1.29, 1.82) is 0 Å². The predicted octanol–water partition coefficient (Wildman–Crippen LogP) is 1.89. The third-order valence-electron chi connectivity index (χ3n) is 1.41. The first kappa shape index (κ1) is 10.1. The lowest BCUT2D eigenvalue weighted by Crippen LogP contribution is -2.04. The summed E-state index contributed by atoms with van der Waals surface area (Å²) in [4.78, 5) is 21.5. The monoisotopic (exact) mass is 154 g/mol. The fourth-order valence-corrected chi connectivity index (χ4v) is 0.729. The second-order valence-electron chi connectivity index (χ2n) is 2.49. The Morgan fingerprint density at radius 2 is 2.09 bits per heavy atom. The van der Waals surface area contributed by atoms with E-state index in [1.807, 2.05) is 6.92 Å². The second-order valence-corrected chi connectivity index (χ2v) is 2.49. The Morgan fingerprint density at radius 1 is 1.45 bits per heavy atom. The first-order valence-electron chi connectivity index (χ1n) is 3.87. The molecule has 0 radical (unpaired) electrons. The minimum Gasteiger partial charge on any atom is -0.299 e. The number of rotatable bonds is 6. The zero-order valence-corrected chi connectivity index (χ0v) is 6.93. The molecule has 0 bridgehead atoms. The maximum atomic E-state index is 10.9. The molecule has 0 rings (SSSR count). The maximum Gasteiger partial charge on any atom is 0.162 e. The fourth-order valence-electron chi connectivity index (χ4n) is 0.729. The molecule has 0 atom stereocenters. The van der Waals surface area contributed by atoms with Crippen molar-refractivity contribution in [1.82, 2.24) is 0 Å². The predicted molar refractivity (Wildman–Crippen MR) is 44.4 cm³/mol. The van der Waals surface area contributed by atoms with E-state index in [1.54, 1.807) is 0 Å². The van der Waals surface area contributed by atoms with Gasteiger partial charge in [-0.25, -0.2) is 0 Å². The van der Waals surface area contributed by atoms with Gasteiger partial charge in [0.1, 0.15) is 5.78 Å². The highest BCUT2D eigenvalue weighted by atomic mass is 16.1. The quantitative estimate of drug-likeness (QED) is 0.432. The molecular formula is C9H14O2. The number of Topliss-reactive ketones (excluding diaryl/α,β-unsaturated/α-hetero) is 1. The molecule has 0 heterocycles. The van der Waals surface area contributed by atoms with E-state index in [0.717, 1.165) is 12.8 Å². The first-order valence-corrected chi connectivity index (χ1v) is 3.87. The highest BCUT2D eigenvalue weighted by Crippen LogP contribution is 1.98. The molecule has 0 aromatic heterocycles. The molecule has 0 aromatic carbocycles. The van der Waals surface area contributed by atoms with Gasteiger partial charge in [-0.2, -0.15) is 0 Å². The average molecular weight is 154 g/mol. The molecule has 0 fully saturated rings. The average Bonchev–Trinajstić information content (AvgIpc) is 2.00. The van der Waals surface area contributed by atoms with Crippen LogP contribution in [0.2, 0.25) is 0 Å². The molecule has 0 aliphatic carbocycles. The Kier molecular flexibility index (Phi) is 5.35. The third-order valence-corrected chi connectivity index (χ3v) is 1.41. The number of hydrogen-bond acceptors (Lipinski definition) is 2. The summed E-state index contributed by atoms with van der Waals surface area (Å²) in [6.07, 6.45) is 3.63. The molecule has 0 aliphatic heterocycles. The van der Waals surface area contributed by atoms with Crippen LogP contribution in [0.25, 0.3) is 0 Å². The van der Waals surface area contributed by atoms with Gasteiger partial charge in [0.05, 0.1) is 6.42 Å². The number of hydrogen-bond donors (Lipinski definition) is 0. The molecule has 2 nitrogen and oxygen atoms in total. The van der Waals surface area contributed by atoms with Crippen LogP contribution in [0.3, 0.4) is 0 Å². The van der Waals surface area contributed by atoms with Crippen LogP contribution in [0.15, 0.2) is 12.7 Å². The topological polar surface area (TPSA) is 34.1 Å². The van der Waals surface area contributed by atoms with Crippen molar-refractivity contribution in [2.75, 3.05) is 0 Å². The largest absolute Gasteiger partial charge is 0.299 e. The van der Waals surface area contributed by atoms with Crippen molar-refractivity contribution < 1.29 is 9.59 Å². The van der Waals surface area contributed by atoms with Gasteiger partial charge in [0.15, 0.2) is 5.78 Å². The van der Waals surface area contributed by atoms with E-state index in [1.165, 1.54) is 6.08 Å². The number of ketones is 2. The van der Waals surface area contributed by atoms with Crippen LogP contribution >= 0.6 is 0 Å². The lowest BCUT2D eigenvalue weighted by Gasteiger charge is -1.94. The summed E-state index contributed by atoms with van der Waals surface area (Å²) >= 11 is 0. The van der Waals surface area contributed by atoms with Crippen LogP contribution in [0, 0.1) is 0 Å². The van der Waals surface area contributed by atoms with Gasteiger partial charge in [-0.05, 0) is 12.5 Å². The molecule has 2 heteroatoms. The third kappa shape index (κ3) is 5.52. The summed E-state index contributed by atoms with van der Waals surface area (Å²) < 4.78 is 0. The molecule has 62 valence electrons. The van der Waals surface area contributed by atoms with E-state index in [2.05, 4.69) is 6.58 Å². The van der Waals surface area contributed by atoms with Gasteiger partial charge >= 0.3 is 0 Å². The molecule has 11 heavy (non-hydrogen) atoms. The molecule has 0 amide bonds. The molecule has 0 saturated heterocycles. The second kappa shape index (κ2) is 5.83. The van der Waals surface area contributed by atoms with Crippen LogP contribution in [0.5, 0.6) is 0 Å². The Hall–Kier alpha value is -0.920. The van der Waals surface area contributed by atoms with Crippen molar-refractivity contribution in [3.63, 3.8) is 0 Å². The molecule has 0 aliphatic rings. The Balaban J connectivity index is 3.52. The lowest BCUT2D eigenvalue weighted by molar-refractivity contribution is -0.124.